The Morgan fingerprint density at radius 3 is 2.69 bits per heavy atom. The number of methoxy groups -OCH3 is 3. The van der Waals surface area contributed by atoms with Crippen LogP contribution in [0.1, 0.15) is 39.9 Å². The van der Waals surface area contributed by atoms with Crippen molar-refractivity contribution in [3.63, 3.8) is 0 Å². The molecule has 29 heavy (non-hydrogen) atoms. The highest BCUT2D eigenvalue weighted by atomic mass is 79.9. The van der Waals surface area contributed by atoms with Crippen LogP contribution in [-0.4, -0.2) is 27.3 Å². The molecule has 152 valence electrons. The second-order valence-electron chi connectivity index (χ2n) is 7.09. The van der Waals surface area contributed by atoms with E-state index in [1.807, 2.05) is 12.1 Å². The van der Waals surface area contributed by atoms with Gasteiger partial charge in [-0.05, 0) is 63.7 Å². The van der Waals surface area contributed by atoms with Gasteiger partial charge in [0.1, 0.15) is 0 Å². The van der Waals surface area contributed by atoms with Crippen molar-refractivity contribution in [2.45, 2.75) is 18.4 Å². The third kappa shape index (κ3) is 3.28. The van der Waals surface area contributed by atoms with E-state index in [1.54, 1.807) is 26.4 Å². The molecular formula is C22H21BrClNO4. The molecule has 0 bridgehead atoms. The molecule has 0 radical (unpaired) electrons. The van der Waals surface area contributed by atoms with Crippen molar-refractivity contribution in [3.05, 3.63) is 62.6 Å². The Hall–Kier alpha value is -2.18. The monoisotopic (exact) mass is 477 g/mol. The van der Waals surface area contributed by atoms with Gasteiger partial charge in [0, 0.05) is 5.92 Å². The van der Waals surface area contributed by atoms with Crippen LogP contribution < -0.4 is 14.8 Å². The maximum atomic E-state index is 12.4. The third-order valence-electron chi connectivity index (χ3n) is 5.69. The Bertz CT molecular complexity index is 1010. The summed E-state index contributed by atoms with van der Waals surface area (Å²) in [6.07, 6.45) is 5.22. The molecular weight excluding hydrogens is 458 g/mol. The predicted octanol–water partition coefficient (Wildman–Crippen LogP) is 5.73. The molecule has 1 heterocycles. The van der Waals surface area contributed by atoms with Gasteiger partial charge in [0.2, 0.25) is 0 Å². The number of esters is 1. The highest BCUT2D eigenvalue weighted by Crippen LogP contribution is 2.53. The Morgan fingerprint density at radius 2 is 2.00 bits per heavy atom. The van der Waals surface area contributed by atoms with Crippen LogP contribution in [0.4, 0.5) is 5.69 Å². The third-order valence-corrected chi connectivity index (χ3v) is 6.59. The van der Waals surface area contributed by atoms with Crippen LogP contribution in [0.3, 0.4) is 0 Å². The highest BCUT2D eigenvalue weighted by Gasteiger charge is 2.41. The molecule has 2 aromatic carbocycles. The van der Waals surface area contributed by atoms with E-state index in [-0.39, 0.29) is 23.8 Å². The lowest BCUT2D eigenvalue weighted by Crippen LogP contribution is -2.31. The van der Waals surface area contributed by atoms with Crippen LogP contribution in [0.2, 0.25) is 5.02 Å². The van der Waals surface area contributed by atoms with Crippen LogP contribution in [-0.2, 0) is 4.74 Å². The summed E-state index contributed by atoms with van der Waals surface area (Å²) in [6.45, 7) is 0. The molecule has 0 fully saturated rings. The normalized spacial score (nSPS) is 21.8. The number of hydrogen-bond acceptors (Lipinski definition) is 5. The van der Waals surface area contributed by atoms with Crippen molar-refractivity contribution in [2.24, 2.45) is 5.92 Å². The largest absolute Gasteiger partial charge is 0.493 e. The number of hydrogen-bond donors (Lipinski definition) is 1. The standard InChI is InChI=1S/C22H21BrClNO4/c1-27-17-10-11(9-15(23)21(17)28-2)19-13-6-4-5-12(13)18-14(22(26)29-3)7-8-16(24)20(18)25-19/h4-5,7-10,12-13,19,25H,6H2,1-3H3/t12-,13-,19+/m1/s1. The molecule has 3 atom stereocenters. The fourth-order valence-electron chi connectivity index (χ4n) is 4.41. The van der Waals surface area contributed by atoms with E-state index in [0.717, 1.165) is 27.7 Å². The van der Waals surface area contributed by atoms with Crippen LogP contribution in [0.5, 0.6) is 11.5 Å². The number of anilines is 1. The first-order valence-corrected chi connectivity index (χ1v) is 10.4. The lowest BCUT2D eigenvalue weighted by Gasteiger charge is -2.39. The first-order valence-electron chi connectivity index (χ1n) is 9.25. The number of allylic oxidation sites excluding steroid dienone is 2. The van der Waals surface area contributed by atoms with Crippen molar-refractivity contribution in [1.82, 2.24) is 0 Å². The molecule has 5 nitrogen and oxygen atoms in total. The van der Waals surface area contributed by atoms with E-state index in [0.29, 0.717) is 22.1 Å². The molecule has 0 unspecified atom stereocenters. The molecule has 0 aromatic heterocycles. The van der Waals surface area contributed by atoms with Crippen molar-refractivity contribution in [1.29, 1.82) is 0 Å². The lowest BCUT2D eigenvalue weighted by atomic mass is 9.75. The average Bonchev–Trinajstić information content (AvgIpc) is 3.22. The zero-order valence-electron chi connectivity index (χ0n) is 16.3. The zero-order valence-corrected chi connectivity index (χ0v) is 18.6. The van der Waals surface area contributed by atoms with Crippen molar-refractivity contribution in [2.75, 3.05) is 26.6 Å². The minimum atomic E-state index is -0.355. The Morgan fingerprint density at radius 1 is 1.21 bits per heavy atom. The number of fused-ring (bicyclic) bond motifs is 3. The van der Waals surface area contributed by atoms with Gasteiger partial charge in [-0.3, -0.25) is 0 Å². The minimum absolute atomic E-state index is 0.0102. The summed E-state index contributed by atoms with van der Waals surface area (Å²) in [7, 11) is 4.63. The van der Waals surface area contributed by atoms with Gasteiger partial charge in [-0.15, -0.1) is 0 Å². The van der Waals surface area contributed by atoms with Gasteiger partial charge in [0.15, 0.2) is 11.5 Å². The van der Waals surface area contributed by atoms with Crippen LogP contribution in [0.25, 0.3) is 0 Å². The molecule has 7 heteroatoms. The number of nitrogens with one attached hydrogen (secondary N) is 1. The summed E-state index contributed by atoms with van der Waals surface area (Å²) in [5, 5.41) is 4.17. The van der Waals surface area contributed by atoms with E-state index in [4.69, 9.17) is 25.8 Å². The average molecular weight is 479 g/mol. The van der Waals surface area contributed by atoms with E-state index < -0.39 is 0 Å². The van der Waals surface area contributed by atoms with Gasteiger partial charge in [-0.25, -0.2) is 4.79 Å². The number of halogens is 2. The van der Waals surface area contributed by atoms with Gasteiger partial charge in [0.05, 0.1) is 48.1 Å². The Kier molecular flexibility index (Phi) is 5.49. The summed E-state index contributed by atoms with van der Waals surface area (Å²) in [4.78, 5) is 12.4. The number of benzene rings is 2. The molecule has 2 aromatic rings. The van der Waals surface area contributed by atoms with Crippen molar-refractivity contribution < 1.29 is 19.0 Å². The van der Waals surface area contributed by atoms with Gasteiger partial charge in [0.25, 0.3) is 0 Å². The van der Waals surface area contributed by atoms with E-state index in [1.165, 1.54) is 7.11 Å². The molecule has 4 rings (SSSR count). The van der Waals surface area contributed by atoms with Gasteiger partial charge < -0.3 is 19.5 Å². The summed E-state index contributed by atoms with van der Waals surface area (Å²) in [5.41, 5.74) is 3.28. The van der Waals surface area contributed by atoms with Gasteiger partial charge in [-0.2, -0.15) is 0 Å². The number of carbonyl (C=O) groups is 1. The Labute approximate surface area is 183 Å². The predicted molar refractivity (Wildman–Crippen MR) is 116 cm³/mol. The molecule has 0 saturated heterocycles. The second-order valence-corrected chi connectivity index (χ2v) is 8.35. The number of ether oxygens (including phenoxy) is 3. The summed E-state index contributed by atoms with van der Waals surface area (Å²) >= 11 is 10.1. The highest BCUT2D eigenvalue weighted by molar-refractivity contribution is 9.10. The molecule has 2 aliphatic rings. The fourth-order valence-corrected chi connectivity index (χ4v) is 5.25. The molecule has 1 aliphatic heterocycles. The smallest absolute Gasteiger partial charge is 0.338 e. The lowest BCUT2D eigenvalue weighted by molar-refractivity contribution is 0.0598. The fraction of sp³-hybridized carbons (Fsp3) is 0.318. The maximum Gasteiger partial charge on any atom is 0.338 e. The summed E-state index contributed by atoms with van der Waals surface area (Å²) in [6, 6.07) is 7.49. The van der Waals surface area contributed by atoms with Crippen LogP contribution in [0, 0.1) is 5.92 Å². The first-order chi connectivity index (χ1) is 14.0. The minimum Gasteiger partial charge on any atom is -0.493 e. The molecule has 1 aliphatic carbocycles. The number of carbonyl (C=O) groups excluding carboxylic acids is 1. The Balaban J connectivity index is 1.85. The topological polar surface area (TPSA) is 56.8 Å². The van der Waals surface area contributed by atoms with E-state index in [2.05, 4.69) is 33.4 Å². The first kappa shape index (κ1) is 20.1. The van der Waals surface area contributed by atoms with Gasteiger partial charge in [-0.1, -0.05) is 23.8 Å². The van der Waals surface area contributed by atoms with Gasteiger partial charge >= 0.3 is 5.97 Å². The SMILES string of the molecule is COC(=O)c1ccc(Cl)c2c1[C@@H]1C=CC[C@H]1[C@H](c1cc(Br)c(OC)c(OC)c1)N2. The van der Waals surface area contributed by atoms with E-state index in [9.17, 15) is 4.79 Å². The maximum absolute atomic E-state index is 12.4. The molecule has 1 N–H and O–H groups in total. The van der Waals surface area contributed by atoms with E-state index >= 15 is 0 Å². The van der Waals surface area contributed by atoms with Crippen molar-refractivity contribution in [3.8, 4) is 11.5 Å². The molecule has 0 amide bonds. The summed E-state index contributed by atoms with van der Waals surface area (Å²) < 4.78 is 16.8. The zero-order chi connectivity index (χ0) is 20.7. The molecule has 0 saturated carbocycles. The van der Waals surface area contributed by atoms with Crippen molar-refractivity contribution >= 4 is 39.2 Å². The number of rotatable bonds is 4. The summed E-state index contributed by atoms with van der Waals surface area (Å²) in [5.74, 6) is 1.25. The van der Waals surface area contributed by atoms with Crippen LogP contribution in [0.15, 0.2) is 40.9 Å². The second kappa shape index (κ2) is 7.92. The quantitative estimate of drug-likeness (QED) is 0.449. The van der Waals surface area contributed by atoms with Crippen LogP contribution >= 0.6 is 27.5 Å². The molecule has 0 spiro atoms.